The monoisotopic (exact) mass is 159 g/mol. The van der Waals surface area contributed by atoms with E-state index in [0.717, 1.165) is 6.42 Å². The first-order chi connectivity index (χ1) is 5.20. The molecule has 1 saturated heterocycles. The fourth-order valence-corrected chi connectivity index (χ4v) is 1.28. The average Bonchev–Trinajstić information content (AvgIpc) is 1.93. The molecule has 4 heteroatoms. The summed E-state index contributed by atoms with van der Waals surface area (Å²) >= 11 is 0. The number of aliphatic carboxylic acids is 1. The zero-order valence-electron chi connectivity index (χ0n) is 6.32. The molecular formula is C7H13NO3. The lowest BCUT2D eigenvalue weighted by atomic mass is 9.92. The summed E-state index contributed by atoms with van der Waals surface area (Å²) in [6.07, 6.45) is 0.942. The summed E-state index contributed by atoms with van der Waals surface area (Å²) < 4.78 is 5.08. The predicted octanol–water partition coefficient (Wildman–Crippen LogP) is -0.175. The van der Waals surface area contributed by atoms with Gasteiger partial charge in [-0.05, 0) is 12.3 Å². The van der Waals surface area contributed by atoms with Crippen LogP contribution in [0.4, 0.5) is 0 Å². The molecule has 0 amide bonds. The van der Waals surface area contributed by atoms with Gasteiger partial charge < -0.3 is 15.6 Å². The number of carboxylic acids is 1. The maximum absolute atomic E-state index is 10.3. The van der Waals surface area contributed by atoms with Gasteiger partial charge in [0.2, 0.25) is 0 Å². The molecule has 1 heterocycles. The maximum atomic E-state index is 10.3. The highest BCUT2D eigenvalue weighted by molar-refractivity contribution is 5.67. The molecule has 1 aliphatic heterocycles. The summed E-state index contributed by atoms with van der Waals surface area (Å²) in [7, 11) is 0. The number of hydrogen-bond donors (Lipinski definition) is 2. The first-order valence-corrected chi connectivity index (χ1v) is 3.75. The predicted molar refractivity (Wildman–Crippen MR) is 39.2 cm³/mol. The second-order valence-electron chi connectivity index (χ2n) is 2.89. The molecule has 0 spiro atoms. The number of nitrogens with two attached hydrogens (primary N) is 1. The van der Waals surface area contributed by atoms with Crippen LogP contribution >= 0.6 is 0 Å². The molecule has 1 rings (SSSR count). The largest absolute Gasteiger partial charge is 0.481 e. The van der Waals surface area contributed by atoms with Crippen molar-refractivity contribution in [2.24, 2.45) is 11.7 Å². The van der Waals surface area contributed by atoms with Crippen LogP contribution in [0.1, 0.15) is 12.8 Å². The van der Waals surface area contributed by atoms with Crippen molar-refractivity contribution in [1.82, 2.24) is 0 Å². The minimum Gasteiger partial charge on any atom is -0.481 e. The topological polar surface area (TPSA) is 72.5 Å². The molecule has 0 aromatic carbocycles. The third kappa shape index (κ3) is 2.48. The molecule has 4 nitrogen and oxygen atoms in total. The van der Waals surface area contributed by atoms with Crippen LogP contribution < -0.4 is 5.73 Å². The zero-order chi connectivity index (χ0) is 8.27. The van der Waals surface area contributed by atoms with Gasteiger partial charge in [0.25, 0.3) is 0 Å². The third-order valence-electron chi connectivity index (χ3n) is 1.99. The number of hydrogen-bond acceptors (Lipinski definition) is 3. The van der Waals surface area contributed by atoms with Gasteiger partial charge in [0.05, 0.1) is 6.61 Å². The number of ether oxygens (including phenoxy) is 1. The fourth-order valence-electron chi connectivity index (χ4n) is 1.28. The molecule has 0 unspecified atom stereocenters. The Balaban J connectivity index is 2.35. The van der Waals surface area contributed by atoms with E-state index in [1.807, 2.05) is 0 Å². The van der Waals surface area contributed by atoms with Crippen LogP contribution in [0.5, 0.6) is 0 Å². The second kappa shape index (κ2) is 3.69. The van der Waals surface area contributed by atoms with E-state index in [-0.39, 0.29) is 18.4 Å². The van der Waals surface area contributed by atoms with Crippen molar-refractivity contribution < 1.29 is 14.6 Å². The van der Waals surface area contributed by atoms with Crippen molar-refractivity contribution >= 4 is 5.97 Å². The van der Waals surface area contributed by atoms with E-state index in [0.29, 0.717) is 13.2 Å². The molecule has 3 N–H and O–H groups in total. The first-order valence-electron chi connectivity index (χ1n) is 3.75. The van der Waals surface area contributed by atoms with E-state index in [2.05, 4.69) is 0 Å². The Bertz CT molecular complexity index is 149. The quantitative estimate of drug-likeness (QED) is 0.586. The van der Waals surface area contributed by atoms with Crippen LogP contribution in [-0.4, -0.2) is 30.3 Å². The van der Waals surface area contributed by atoms with Gasteiger partial charge in [-0.25, -0.2) is 0 Å². The normalized spacial score (nSPS) is 31.7. The van der Waals surface area contributed by atoms with Crippen molar-refractivity contribution in [3.63, 3.8) is 0 Å². The third-order valence-corrected chi connectivity index (χ3v) is 1.99. The maximum Gasteiger partial charge on any atom is 0.303 e. The molecule has 0 aliphatic carbocycles. The molecule has 0 saturated carbocycles. The highest BCUT2D eigenvalue weighted by Gasteiger charge is 2.24. The molecule has 1 aliphatic rings. The molecule has 0 bridgehead atoms. The van der Waals surface area contributed by atoms with Crippen molar-refractivity contribution in [3.8, 4) is 0 Å². The van der Waals surface area contributed by atoms with Crippen LogP contribution in [-0.2, 0) is 9.53 Å². The summed E-state index contributed by atoms with van der Waals surface area (Å²) in [6.45, 7) is 1.14. The number of carbonyl (C=O) groups is 1. The van der Waals surface area contributed by atoms with Crippen LogP contribution in [0.2, 0.25) is 0 Å². The van der Waals surface area contributed by atoms with Crippen molar-refractivity contribution in [1.29, 1.82) is 0 Å². The summed E-state index contributed by atoms with van der Waals surface area (Å²) in [5.74, 6) is -0.673. The van der Waals surface area contributed by atoms with E-state index >= 15 is 0 Å². The number of carboxylic acid groups (broad SMARTS) is 1. The summed E-state index contributed by atoms with van der Waals surface area (Å²) in [4.78, 5) is 10.3. The van der Waals surface area contributed by atoms with Crippen molar-refractivity contribution in [2.45, 2.75) is 18.9 Å². The fraction of sp³-hybridized carbons (Fsp3) is 0.857. The van der Waals surface area contributed by atoms with Crippen LogP contribution in [0.3, 0.4) is 0 Å². The lowest BCUT2D eigenvalue weighted by Gasteiger charge is -2.27. The van der Waals surface area contributed by atoms with Gasteiger partial charge in [-0.1, -0.05) is 0 Å². The Morgan fingerprint density at radius 2 is 2.45 bits per heavy atom. The van der Waals surface area contributed by atoms with Gasteiger partial charge in [-0.15, -0.1) is 0 Å². The summed E-state index contributed by atoms with van der Waals surface area (Å²) in [5, 5.41) is 8.49. The average molecular weight is 159 g/mol. The van der Waals surface area contributed by atoms with Crippen LogP contribution in [0.15, 0.2) is 0 Å². The molecule has 2 atom stereocenters. The van der Waals surface area contributed by atoms with Gasteiger partial charge >= 0.3 is 5.97 Å². The van der Waals surface area contributed by atoms with E-state index in [1.54, 1.807) is 0 Å². The van der Waals surface area contributed by atoms with E-state index in [9.17, 15) is 4.79 Å². The summed E-state index contributed by atoms with van der Waals surface area (Å²) in [6, 6.07) is -0.0974. The zero-order valence-corrected chi connectivity index (χ0v) is 6.32. The Morgan fingerprint density at radius 3 is 3.00 bits per heavy atom. The lowest BCUT2D eigenvalue weighted by molar-refractivity contribution is -0.139. The highest BCUT2D eigenvalue weighted by atomic mass is 16.5. The minimum atomic E-state index is -0.771. The summed E-state index contributed by atoms with van der Waals surface area (Å²) in [5.41, 5.74) is 5.64. The number of rotatable bonds is 2. The van der Waals surface area contributed by atoms with Gasteiger partial charge in [0.15, 0.2) is 0 Å². The van der Waals surface area contributed by atoms with E-state index < -0.39 is 5.97 Å². The van der Waals surface area contributed by atoms with E-state index in [4.69, 9.17) is 15.6 Å². The van der Waals surface area contributed by atoms with Gasteiger partial charge in [0, 0.05) is 19.1 Å². The molecular weight excluding hydrogens is 146 g/mol. The van der Waals surface area contributed by atoms with Gasteiger partial charge in [-0.2, -0.15) is 0 Å². The van der Waals surface area contributed by atoms with Crippen LogP contribution in [0, 0.1) is 5.92 Å². The molecule has 11 heavy (non-hydrogen) atoms. The molecule has 64 valence electrons. The molecule has 0 radical (unpaired) electrons. The van der Waals surface area contributed by atoms with Crippen molar-refractivity contribution in [2.75, 3.05) is 13.2 Å². The first kappa shape index (κ1) is 8.49. The SMILES string of the molecule is N[C@H]1COCC[C@@H]1CC(=O)O. The Labute approximate surface area is 65.3 Å². The highest BCUT2D eigenvalue weighted by Crippen LogP contribution is 2.17. The van der Waals surface area contributed by atoms with E-state index in [1.165, 1.54) is 0 Å². The molecule has 0 aromatic rings. The lowest BCUT2D eigenvalue weighted by Crippen LogP contribution is -2.40. The van der Waals surface area contributed by atoms with Gasteiger partial charge in [0.1, 0.15) is 0 Å². The standard InChI is InChI=1S/C7H13NO3/c8-6-4-11-2-1-5(6)3-7(9)10/h5-6H,1-4,8H2,(H,9,10)/t5-,6+/m1/s1. The minimum absolute atomic E-state index is 0.0974. The molecule has 1 fully saturated rings. The molecule has 0 aromatic heterocycles. The second-order valence-corrected chi connectivity index (χ2v) is 2.89. The Hall–Kier alpha value is -0.610. The Kier molecular flexibility index (Phi) is 2.84. The Morgan fingerprint density at radius 1 is 1.73 bits per heavy atom. The van der Waals surface area contributed by atoms with Crippen LogP contribution in [0.25, 0.3) is 0 Å². The van der Waals surface area contributed by atoms with Crippen molar-refractivity contribution in [3.05, 3.63) is 0 Å². The van der Waals surface area contributed by atoms with Gasteiger partial charge in [-0.3, -0.25) is 4.79 Å². The smallest absolute Gasteiger partial charge is 0.303 e.